The van der Waals surface area contributed by atoms with Gasteiger partial charge in [0.15, 0.2) is 6.61 Å². The lowest BCUT2D eigenvalue weighted by Crippen LogP contribution is -2.52. The third kappa shape index (κ3) is 4.37. The summed E-state index contributed by atoms with van der Waals surface area (Å²) in [6.07, 6.45) is 3.19. The molecule has 2 atom stereocenters. The lowest BCUT2D eigenvalue weighted by atomic mass is 9.97. The topological polar surface area (TPSA) is 55.6 Å². The van der Waals surface area contributed by atoms with Crippen LogP contribution in [0.2, 0.25) is 0 Å². The van der Waals surface area contributed by atoms with E-state index in [0.29, 0.717) is 0 Å². The number of carbonyl (C=O) groups excluding carboxylic acids is 1. The van der Waals surface area contributed by atoms with Crippen LogP contribution in [-0.4, -0.2) is 36.0 Å². The van der Waals surface area contributed by atoms with E-state index in [1.807, 2.05) is 43.9 Å². The highest BCUT2D eigenvalue weighted by Gasteiger charge is 2.29. The van der Waals surface area contributed by atoms with Gasteiger partial charge in [0.1, 0.15) is 5.75 Å². The van der Waals surface area contributed by atoms with Crippen molar-refractivity contribution >= 4 is 18.3 Å². The van der Waals surface area contributed by atoms with Crippen molar-refractivity contribution in [1.29, 1.82) is 0 Å². The monoisotopic (exact) mass is 326 g/mol. The van der Waals surface area contributed by atoms with Gasteiger partial charge in [0.05, 0.1) is 0 Å². The molecule has 0 bridgehead atoms. The number of rotatable bonds is 4. The Morgan fingerprint density at radius 2 is 2.00 bits per heavy atom. The molecule has 1 saturated heterocycles. The lowest BCUT2D eigenvalue weighted by molar-refractivity contribution is -0.137. The van der Waals surface area contributed by atoms with E-state index >= 15 is 0 Å². The molecule has 1 aliphatic heterocycles. The van der Waals surface area contributed by atoms with Crippen LogP contribution >= 0.6 is 12.4 Å². The molecule has 2 rings (SSSR count). The molecule has 1 aromatic carbocycles. The predicted molar refractivity (Wildman–Crippen MR) is 91.7 cm³/mol. The third-order valence-electron chi connectivity index (χ3n) is 4.23. The molecule has 0 aliphatic carbocycles. The molecular weight excluding hydrogens is 300 g/mol. The van der Waals surface area contributed by atoms with Crippen LogP contribution in [0.3, 0.4) is 0 Å². The van der Waals surface area contributed by atoms with Gasteiger partial charge in [-0.2, -0.15) is 0 Å². The smallest absolute Gasteiger partial charge is 0.260 e. The number of amides is 1. The largest absolute Gasteiger partial charge is 0.483 e. The maximum atomic E-state index is 12.5. The zero-order chi connectivity index (χ0) is 15.4. The van der Waals surface area contributed by atoms with Crippen LogP contribution in [0.15, 0.2) is 18.2 Å². The molecule has 1 heterocycles. The Labute approximate surface area is 139 Å². The fourth-order valence-electron chi connectivity index (χ4n) is 3.06. The average Bonchev–Trinajstić information content (AvgIpc) is 2.46. The van der Waals surface area contributed by atoms with Gasteiger partial charge in [-0.05, 0) is 51.2 Å². The maximum absolute atomic E-state index is 12.5. The summed E-state index contributed by atoms with van der Waals surface area (Å²) in [7, 11) is 0. The minimum Gasteiger partial charge on any atom is -0.483 e. The molecule has 124 valence electrons. The lowest BCUT2D eigenvalue weighted by Gasteiger charge is -2.38. The third-order valence-corrected chi connectivity index (χ3v) is 4.23. The van der Waals surface area contributed by atoms with Crippen molar-refractivity contribution in [2.45, 2.75) is 52.1 Å². The summed E-state index contributed by atoms with van der Waals surface area (Å²) in [6, 6.07) is 6.15. The van der Waals surface area contributed by atoms with E-state index in [1.165, 1.54) is 0 Å². The summed E-state index contributed by atoms with van der Waals surface area (Å²) in [5, 5.41) is 0. The van der Waals surface area contributed by atoms with E-state index in [9.17, 15) is 4.79 Å². The molecule has 4 nitrogen and oxygen atoms in total. The van der Waals surface area contributed by atoms with E-state index in [0.717, 1.165) is 42.7 Å². The molecule has 0 saturated carbocycles. The highest BCUT2D eigenvalue weighted by molar-refractivity contribution is 5.85. The molecular formula is C17H27ClN2O2. The number of benzene rings is 1. The van der Waals surface area contributed by atoms with E-state index in [1.54, 1.807) is 0 Å². The number of hydrogen-bond acceptors (Lipinski definition) is 3. The number of nitrogens with zero attached hydrogens (tertiary/aromatic N) is 1. The fourth-order valence-corrected chi connectivity index (χ4v) is 3.06. The number of likely N-dealkylation sites (tertiary alicyclic amines) is 1. The van der Waals surface area contributed by atoms with Gasteiger partial charge >= 0.3 is 0 Å². The molecule has 1 amide bonds. The Balaban J connectivity index is 0.00000242. The van der Waals surface area contributed by atoms with Crippen molar-refractivity contribution < 1.29 is 9.53 Å². The fraction of sp³-hybridized carbons (Fsp3) is 0.588. The first kappa shape index (κ1) is 18.8. The van der Waals surface area contributed by atoms with Crippen molar-refractivity contribution in [3.63, 3.8) is 0 Å². The van der Waals surface area contributed by atoms with E-state index in [4.69, 9.17) is 10.5 Å². The Morgan fingerprint density at radius 1 is 1.36 bits per heavy atom. The Morgan fingerprint density at radius 3 is 2.59 bits per heavy atom. The second-order valence-corrected chi connectivity index (χ2v) is 6.02. The second-order valence-electron chi connectivity index (χ2n) is 6.02. The van der Waals surface area contributed by atoms with Crippen LogP contribution in [0, 0.1) is 13.8 Å². The van der Waals surface area contributed by atoms with Gasteiger partial charge in [-0.3, -0.25) is 4.79 Å². The highest BCUT2D eigenvalue weighted by Crippen LogP contribution is 2.23. The first-order valence-corrected chi connectivity index (χ1v) is 7.74. The summed E-state index contributed by atoms with van der Waals surface area (Å²) in [5.41, 5.74) is 8.14. The molecule has 1 aromatic rings. The van der Waals surface area contributed by atoms with Crippen LogP contribution in [0.1, 0.15) is 37.3 Å². The number of piperidine rings is 1. The molecule has 5 heteroatoms. The van der Waals surface area contributed by atoms with Crippen molar-refractivity contribution in [2.24, 2.45) is 5.73 Å². The number of ether oxygens (including phenoxy) is 1. The molecule has 0 spiro atoms. The zero-order valence-electron chi connectivity index (χ0n) is 13.7. The normalized spacial score (nSPS) is 19.3. The van der Waals surface area contributed by atoms with Gasteiger partial charge in [0, 0.05) is 18.6 Å². The van der Waals surface area contributed by atoms with Crippen LogP contribution in [0.4, 0.5) is 0 Å². The van der Waals surface area contributed by atoms with Gasteiger partial charge in [0.25, 0.3) is 5.91 Å². The number of para-hydroxylation sites is 1. The summed E-state index contributed by atoms with van der Waals surface area (Å²) in [4.78, 5) is 14.4. The molecule has 2 N–H and O–H groups in total. The summed E-state index contributed by atoms with van der Waals surface area (Å²) in [5.74, 6) is 0.861. The van der Waals surface area contributed by atoms with Gasteiger partial charge in [0.2, 0.25) is 0 Å². The van der Waals surface area contributed by atoms with E-state index in [-0.39, 0.29) is 37.0 Å². The van der Waals surface area contributed by atoms with Gasteiger partial charge in [-0.1, -0.05) is 18.2 Å². The number of carbonyl (C=O) groups is 1. The average molecular weight is 327 g/mol. The van der Waals surface area contributed by atoms with E-state index in [2.05, 4.69) is 0 Å². The van der Waals surface area contributed by atoms with Gasteiger partial charge < -0.3 is 15.4 Å². The van der Waals surface area contributed by atoms with Gasteiger partial charge in [-0.15, -0.1) is 12.4 Å². The van der Waals surface area contributed by atoms with E-state index < -0.39 is 0 Å². The summed E-state index contributed by atoms with van der Waals surface area (Å²) < 4.78 is 5.78. The summed E-state index contributed by atoms with van der Waals surface area (Å²) >= 11 is 0. The first-order valence-electron chi connectivity index (χ1n) is 7.74. The number of aryl methyl sites for hydroxylation is 2. The van der Waals surface area contributed by atoms with Crippen LogP contribution in [-0.2, 0) is 4.79 Å². The number of nitrogens with two attached hydrogens (primary N) is 1. The Hall–Kier alpha value is -1.26. The zero-order valence-corrected chi connectivity index (χ0v) is 14.5. The quantitative estimate of drug-likeness (QED) is 0.925. The Bertz CT molecular complexity index is 485. The predicted octanol–water partition coefficient (Wildman–Crippen LogP) is 2.83. The SMILES string of the molecule is Cc1cccc(C)c1OCC(=O)N1CCCCC1C(C)N.Cl. The number of halogens is 1. The van der Waals surface area contributed by atoms with Crippen molar-refractivity contribution in [2.75, 3.05) is 13.2 Å². The Kier molecular flexibility index (Phi) is 7.17. The molecule has 2 unspecified atom stereocenters. The highest BCUT2D eigenvalue weighted by atomic mass is 35.5. The van der Waals surface area contributed by atoms with Crippen LogP contribution in [0.5, 0.6) is 5.75 Å². The van der Waals surface area contributed by atoms with Crippen molar-refractivity contribution in [1.82, 2.24) is 4.90 Å². The maximum Gasteiger partial charge on any atom is 0.260 e. The standard InChI is InChI=1S/C17H26N2O2.ClH/c1-12-7-6-8-13(2)17(12)21-11-16(20)19-10-5-4-9-15(19)14(3)18;/h6-8,14-15H,4-5,9-11,18H2,1-3H3;1H. The first-order chi connectivity index (χ1) is 10.0. The van der Waals surface area contributed by atoms with Crippen molar-refractivity contribution in [3.05, 3.63) is 29.3 Å². The molecule has 1 fully saturated rings. The molecule has 0 aromatic heterocycles. The second kappa shape index (κ2) is 8.39. The minimum atomic E-state index is 0. The molecule has 0 radical (unpaired) electrons. The van der Waals surface area contributed by atoms with Gasteiger partial charge in [-0.25, -0.2) is 0 Å². The molecule has 22 heavy (non-hydrogen) atoms. The minimum absolute atomic E-state index is 0. The van der Waals surface area contributed by atoms with Crippen molar-refractivity contribution in [3.8, 4) is 5.75 Å². The van der Waals surface area contributed by atoms with Crippen LogP contribution in [0.25, 0.3) is 0 Å². The summed E-state index contributed by atoms with van der Waals surface area (Å²) in [6.45, 7) is 6.86. The molecule has 1 aliphatic rings. The number of hydrogen-bond donors (Lipinski definition) is 1. The van der Waals surface area contributed by atoms with Crippen LogP contribution < -0.4 is 10.5 Å².